The van der Waals surface area contributed by atoms with Gasteiger partial charge in [0.25, 0.3) is 0 Å². The molecular weight excluding hydrogens is 166 g/mol. The molecule has 0 aromatic rings. The van der Waals surface area contributed by atoms with E-state index in [9.17, 15) is 4.79 Å². The van der Waals surface area contributed by atoms with Crippen molar-refractivity contribution in [3.8, 4) is 0 Å². The molecule has 1 rings (SSSR count). The summed E-state index contributed by atoms with van der Waals surface area (Å²) in [6.45, 7) is 4.23. The van der Waals surface area contributed by atoms with E-state index in [2.05, 4.69) is 19.2 Å². The molecule has 3 heteroatoms. The van der Waals surface area contributed by atoms with Crippen LogP contribution in [0, 0.1) is 11.8 Å². The summed E-state index contributed by atoms with van der Waals surface area (Å²) in [7, 11) is 0. The molecule has 0 heterocycles. The van der Waals surface area contributed by atoms with Crippen LogP contribution < -0.4 is 5.32 Å². The van der Waals surface area contributed by atoms with E-state index in [1.807, 2.05) is 0 Å². The number of carbonyl (C=O) groups excluding carboxylic acids is 1. The highest BCUT2D eigenvalue weighted by atomic mass is 16.3. The number of aliphatic hydroxyl groups is 1. The van der Waals surface area contributed by atoms with Gasteiger partial charge in [0, 0.05) is 5.92 Å². The van der Waals surface area contributed by atoms with Gasteiger partial charge in [-0.2, -0.15) is 0 Å². The maximum Gasteiger partial charge on any atom is 0.223 e. The van der Waals surface area contributed by atoms with Crippen molar-refractivity contribution in [2.24, 2.45) is 11.8 Å². The van der Waals surface area contributed by atoms with Crippen LogP contribution in [0.5, 0.6) is 0 Å². The lowest BCUT2D eigenvalue weighted by Crippen LogP contribution is -2.39. The molecule has 1 fully saturated rings. The fourth-order valence-corrected chi connectivity index (χ4v) is 1.41. The second-order valence-corrected chi connectivity index (χ2v) is 4.29. The van der Waals surface area contributed by atoms with Gasteiger partial charge >= 0.3 is 0 Å². The Hall–Kier alpha value is -0.570. The molecular formula is C10H19NO2. The van der Waals surface area contributed by atoms with E-state index in [4.69, 9.17) is 5.11 Å². The zero-order valence-corrected chi connectivity index (χ0v) is 8.42. The molecule has 13 heavy (non-hydrogen) atoms. The first-order chi connectivity index (χ1) is 6.13. The number of hydrogen-bond acceptors (Lipinski definition) is 2. The Morgan fingerprint density at radius 3 is 2.54 bits per heavy atom. The Morgan fingerprint density at radius 1 is 1.54 bits per heavy atom. The van der Waals surface area contributed by atoms with Gasteiger partial charge < -0.3 is 10.4 Å². The summed E-state index contributed by atoms with van der Waals surface area (Å²) >= 11 is 0. The van der Waals surface area contributed by atoms with Crippen molar-refractivity contribution in [3.63, 3.8) is 0 Å². The SMILES string of the molecule is CC(C)CC(CO)NC(=O)C1CC1. The molecule has 0 radical (unpaired) electrons. The van der Waals surface area contributed by atoms with Gasteiger partial charge in [-0.15, -0.1) is 0 Å². The highest BCUT2D eigenvalue weighted by molar-refractivity contribution is 5.81. The van der Waals surface area contributed by atoms with Gasteiger partial charge in [-0.3, -0.25) is 4.79 Å². The lowest BCUT2D eigenvalue weighted by molar-refractivity contribution is -0.123. The third-order valence-corrected chi connectivity index (χ3v) is 2.27. The Bertz CT molecular complexity index is 176. The van der Waals surface area contributed by atoms with Crippen molar-refractivity contribution < 1.29 is 9.90 Å². The summed E-state index contributed by atoms with van der Waals surface area (Å²) in [4.78, 5) is 11.3. The number of rotatable bonds is 5. The lowest BCUT2D eigenvalue weighted by Gasteiger charge is -2.17. The van der Waals surface area contributed by atoms with Crippen LogP contribution in [0.1, 0.15) is 33.1 Å². The highest BCUT2D eigenvalue weighted by Crippen LogP contribution is 2.29. The molecule has 0 aliphatic heterocycles. The van der Waals surface area contributed by atoms with Crippen molar-refractivity contribution in [2.75, 3.05) is 6.61 Å². The molecule has 0 aromatic heterocycles. The first-order valence-corrected chi connectivity index (χ1v) is 5.04. The molecule has 3 nitrogen and oxygen atoms in total. The van der Waals surface area contributed by atoms with E-state index >= 15 is 0 Å². The van der Waals surface area contributed by atoms with Crippen LogP contribution in [0.25, 0.3) is 0 Å². The maximum atomic E-state index is 11.3. The van der Waals surface area contributed by atoms with E-state index in [0.717, 1.165) is 19.3 Å². The van der Waals surface area contributed by atoms with Crippen LogP contribution in [0.4, 0.5) is 0 Å². The molecule has 76 valence electrons. The summed E-state index contributed by atoms with van der Waals surface area (Å²) < 4.78 is 0. The number of carbonyl (C=O) groups is 1. The molecule has 0 aromatic carbocycles. The zero-order chi connectivity index (χ0) is 9.84. The summed E-state index contributed by atoms with van der Waals surface area (Å²) in [6, 6.07) is -0.0481. The average molecular weight is 185 g/mol. The minimum atomic E-state index is -0.0481. The second kappa shape index (κ2) is 4.61. The highest BCUT2D eigenvalue weighted by Gasteiger charge is 2.30. The van der Waals surface area contributed by atoms with Gasteiger partial charge in [-0.25, -0.2) is 0 Å². The fraction of sp³-hybridized carbons (Fsp3) is 0.900. The quantitative estimate of drug-likeness (QED) is 0.669. The molecule has 0 bridgehead atoms. The van der Waals surface area contributed by atoms with Crippen LogP contribution in [0.15, 0.2) is 0 Å². The summed E-state index contributed by atoms with van der Waals surface area (Å²) in [5, 5.41) is 11.9. The molecule has 1 aliphatic rings. The molecule has 1 saturated carbocycles. The zero-order valence-electron chi connectivity index (χ0n) is 8.42. The molecule has 1 amide bonds. The van der Waals surface area contributed by atoms with Crippen LogP contribution in [0.2, 0.25) is 0 Å². The third kappa shape index (κ3) is 3.77. The van der Waals surface area contributed by atoms with E-state index in [1.165, 1.54) is 0 Å². The van der Waals surface area contributed by atoms with Crippen LogP contribution >= 0.6 is 0 Å². The van der Waals surface area contributed by atoms with Crippen LogP contribution in [-0.4, -0.2) is 23.7 Å². The van der Waals surface area contributed by atoms with E-state index in [-0.39, 0.29) is 24.5 Å². The van der Waals surface area contributed by atoms with E-state index in [0.29, 0.717) is 5.92 Å². The minimum Gasteiger partial charge on any atom is -0.394 e. The number of hydrogen-bond donors (Lipinski definition) is 2. The summed E-state index contributed by atoms with van der Waals surface area (Å²) in [6.07, 6.45) is 2.90. The number of aliphatic hydroxyl groups excluding tert-OH is 1. The minimum absolute atomic E-state index is 0.0481. The van der Waals surface area contributed by atoms with Crippen molar-refractivity contribution in [1.82, 2.24) is 5.32 Å². The summed E-state index contributed by atoms with van der Waals surface area (Å²) in [5.74, 6) is 0.873. The van der Waals surface area contributed by atoms with Gasteiger partial charge in [0.05, 0.1) is 12.6 Å². The molecule has 0 spiro atoms. The predicted octanol–water partition coefficient (Wildman–Crippen LogP) is 0.920. The first kappa shape index (κ1) is 10.5. The lowest BCUT2D eigenvalue weighted by atomic mass is 10.0. The first-order valence-electron chi connectivity index (χ1n) is 5.04. The van der Waals surface area contributed by atoms with E-state index in [1.54, 1.807) is 0 Å². The van der Waals surface area contributed by atoms with Gasteiger partial charge in [0.1, 0.15) is 0 Å². The Kier molecular flexibility index (Phi) is 3.72. The maximum absolute atomic E-state index is 11.3. The summed E-state index contributed by atoms with van der Waals surface area (Å²) in [5.41, 5.74) is 0. The van der Waals surface area contributed by atoms with Gasteiger partial charge in [0.2, 0.25) is 5.91 Å². The van der Waals surface area contributed by atoms with Crippen LogP contribution in [0.3, 0.4) is 0 Å². The Labute approximate surface area is 79.5 Å². The number of amides is 1. The molecule has 1 aliphatic carbocycles. The smallest absolute Gasteiger partial charge is 0.223 e. The Morgan fingerprint density at radius 2 is 2.15 bits per heavy atom. The largest absolute Gasteiger partial charge is 0.394 e. The predicted molar refractivity (Wildman–Crippen MR) is 51.2 cm³/mol. The van der Waals surface area contributed by atoms with Crippen molar-refractivity contribution in [2.45, 2.75) is 39.2 Å². The fourth-order valence-electron chi connectivity index (χ4n) is 1.41. The Balaban J connectivity index is 2.25. The average Bonchev–Trinajstić information content (AvgIpc) is 2.84. The number of nitrogens with one attached hydrogen (secondary N) is 1. The molecule has 1 unspecified atom stereocenters. The van der Waals surface area contributed by atoms with Crippen LogP contribution in [-0.2, 0) is 4.79 Å². The molecule has 0 saturated heterocycles. The van der Waals surface area contributed by atoms with Crippen molar-refractivity contribution in [1.29, 1.82) is 0 Å². The van der Waals surface area contributed by atoms with Crippen molar-refractivity contribution in [3.05, 3.63) is 0 Å². The molecule has 2 N–H and O–H groups in total. The standard InChI is InChI=1S/C10H19NO2/c1-7(2)5-9(6-12)11-10(13)8-3-4-8/h7-9,12H,3-6H2,1-2H3,(H,11,13). The topological polar surface area (TPSA) is 49.3 Å². The monoisotopic (exact) mass is 185 g/mol. The van der Waals surface area contributed by atoms with Gasteiger partial charge in [0.15, 0.2) is 0 Å². The van der Waals surface area contributed by atoms with Gasteiger partial charge in [-0.1, -0.05) is 13.8 Å². The van der Waals surface area contributed by atoms with Gasteiger partial charge in [-0.05, 0) is 25.2 Å². The third-order valence-electron chi connectivity index (χ3n) is 2.27. The van der Waals surface area contributed by atoms with Crippen molar-refractivity contribution >= 4 is 5.91 Å². The molecule has 1 atom stereocenters. The normalized spacial score (nSPS) is 18.8. The second-order valence-electron chi connectivity index (χ2n) is 4.29. The van der Waals surface area contributed by atoms with E-state index < -0.39 is 0 Å².